The standard InChI is InChI=1S/C14H18N2O3/c1-4-7-16-14(17)10(2)19-12-6-5-11(9-15)8-13(12)18-3/h1,5-6,8,10H,7,9,15H2,2-3H3,(H,16,17). The van der Waals surface area contributed by atoms with E-state index in [0.29, 0.717) is 18.0 Å². The van der Waals surface area contributed by atoms with Gasteiger partial charge in [0.1, 0.15) is 0 Å². The lowest BCUT2D eigenvalue weighted by Crippen LogP contribution is -2.36. The summed E-state index contributed by atoms with van der Waals surface area (Å²) in [6, 6.07) is 5.33. The highest BCUT2D eigenvalue weighted by atomic mass is 16.5. The molecule has 1 aromatic carbocycles. The van der Waals surface area contributed by atoms with Crippen molar-refractivity contribution in [2.75, 3.05) is 13.7 Å². The van der Waals surface area contributed by atoms with Crippen molar-refractivity contribution in [2.45, 2.75) is 19.6 Å². The molecule has 0 spiro atoms. The molecule has 1 amide bonds. The van der Waals surface area contributed by atoms with Gasteiger partial charge in [0.15, 0.2) is 17.6 Å². The molecule has 0 saturated heterocycles. The van der Waals surface area contributed by atoms with Crippen molar-refractivity contribution in [2.24, 2.45) is 5.73 Å². The van der Waals surface area contributed by atoms with Crippen molar-refractivity contribution in [3.63, 3.8) is 0 Å². The highest BCUT2D eigenvalue weighted by Gasteiger charge is 2.16. The predicted molar refractivity (Wildman–Crippen MR) is 72.8 cm³/mol. The lowest BCUT2D eigenvalue weighted by atomic mass is 10.2. The first-order chi connectivity index (χ1) is 9.12. The van der Waals surface area contributed by atoms with Gasteiger partial charge in [0.2, 0.25) is 0 Å². The van der Waals surface area contributed by atoms with Crippen LogP contribution in [0.5, 0.6) is 11.5 Å². The van der Waals surface area contributed by atoms with Crippen LogP contribution in [0, 0.1) is 12.3 Å². The molecule has 5 heteroatoms. The van der Waals surface area contributed by atoms with Crippen molar-refractivity contribution < 1.29 is 14.3 Å². The van der Waals surface area contributed by atoms with Crippen LogP contribution in [0.3, 0.4) is 0 Å². The van der Waals surface area contributed by atoms with Crippen LogP contribution >= 0.6 is 0 Å². The molecule has 1 unspecified atom stereocenters. The number of ether oxygens (including phenoxy) is 2. The molecule has 0 bridgehead atoms. The third-order valence-corrected chi connectivity index (χ3v) is 2.50. The zero-order valence-corrected chi connectivity index (χ0v) is 11.1. The normalized spacial score (nSPS) is 11.3. The average molecular weight is 262 g/mol. The fourth-order valence-electron chi connectivity index (χ4n) is 1.46. The summed E-state index contributed by atoms with van der Waals surface area (Å²) >= 11 is 0. The highest BCUT2D eigenvalue weighted by molar-refractivity contribution is 5.81. The Hall–Kier alpha value is -2.19. The molecule has 102 valence electrons. The van der Waals surface area contributed by atoms with Gasteiger partial charge in [-0.25, -0.2) is 0 Å². The van der Waals surface area contributed by atoms with Gasteiger partial charge in [-0.2, -0.15) is 0 Å². The van der Waals surface area contributed by atoms with E-state index in [9.17, 15) is 4.79 Å². The van der Waals surface area contributed by atoms with Crippen LogP contribution in [0.4, 0.5) is 0 Å². The third-order valence-electron chi connectivity index (χ3n) is 2.50. The molecular formula is C14H18N2O3. The minimum atomic E-state index is -0.661. The third kappa shape index (κ3) is 4.19. The van der Waals surface area contributed by atoms with E-state index < -0.39 is 6.10 Å². The largest absolute Gasteiger partial charge is 0.493 e. The van der Waals surface area contributed by atoms with Gasteiger partial charge in [0.25, 0.3) is 5.91 Å². The zero-order chi connectivity index (χ0) is 14.3. The number of rotatable bonds is 6. The molecule has 0 aliphatic carbocycles. The number of hydrogen-bond donors (Lipinski definition) is 2. The number of nitrogens with one attached hydrogen (secondary N) is 1. The van der Waals surface area contributed by atoms with Crippen LogP contribution in [0.1, 0.15) is 12.5 Å². The lowest BCUT2D eigenvalue weighted by molar-refractivity contribution is -0.127. The molecule has 0 radical (unpaired) electrons. The number of amides is 1. The van der Waals surface area contributed by atoms with Crippen LogP contribution in [-0.4, -0.2) is 25.7 Å². The molecule has 5 nitrogen and oxygen atoms in total. The van der Waals surface area contributed by atoms with E-state index in [-0.39, 0.29) is 12.5 Å². The fourth-order valence-corrected chi connectivity index (χ4v) is 1.46. The Balaban J connectivity index is 2.76. The smallest absolute Gasteiger partial charge is 0.261 e. The van der Waals surface area contributed by atoms with Gasteiger partial charge in [-0.05, 0) is 24.6 Å². The van der Waals surface area contributed by atoms with Crippen LogP contribution < -0.4 is 20.5 Å². The number of methoxy groups -OCH3 is 1. The summed E-state index contributed by atoms with van der Waals surface area (Å²) in [6.07, 6.45) is 4.41. The van der Waals surface area contributed by atoms with E-state index in [0.717, 1.165) is 5.56 Å². The first kappa shape index (κ1) is 14.9. The number of benzene rings is 1. The predicted octanol–water partition coefficient (Wildman–Crippen LogP) is 0.671. The second-order valence-corrected chi connectivity index (χ2v) is 3.87. The highest BCUT2D eigenvalue weighted by Crippen LogP contribution is 2.28. The van der Waals surface area contributed by atoms with Gasteiger partial charge >= 0.3 is 0 Å². The number of hydrogen-bond acceptors (Lipinski definition) is 4. The van der Waals surface area contributed by atoms with Crippen LogP contribution in [-0.2, 0) is 11.3 Å². The van der Waals surface area contributed by atoms with Crippen LogP contribution in [0.15, 0.2) is 18.2 Å². The Morgan fingerprint density at radius 1 is 1.53 bits per heavy atom. The van der Waals surface area contributed by atoms with Gasteiger partial charge in [-0.15, -0.1) is 6.42 Å². The van der Waals surface area contributed by atoms with Gasteiger partial charge in [-0.1, -0.05) is 12.0 Å². The second-order valence-electron chi connectivity index (χ2n) is 3.87. The van der Waals surface area contributed by atoms with Crippen LogP contribution in [0.2, 0.25) is 0 Å². The molecular weight excluding hydrogens is 244 g/mol. The topological polar surface area (TPSA) is 73.6 Å². The number of nitrogens with two attached hydrogens (primary N) is 1. The number of terminal acetylenes is 1. The first-order valence-corrected chi connectivity index (χ1v) is 5.87. The Labute approximate surface area is 113 Å². The monoisotopic (exact) mass is 262 g/mol. The van der Waals surface area contributed by atoms with Crippen molar-refractivity contribution in [1.29, 1.82) is 0 Å². The molecule has 0 aliphatic heterocycles. The van der Waals surface area contributed by atoms with Gasteiger partial charge in [-0.3, -0.25) is 4.79 Å². The van der Waals surface area contributed by atoms with Crippen molar-refractivity contribution in [1.82, 2.24) is 5.32 Å². The maximum Gasteiger partial charge on any atom is 0.261 e. The molecule has 0 aromatic heterocycles. The number of carbonyl (C=O) groups excluding carboxylic acids is 1. The zero-order valence-electron chi connectivity index (χ0n) is 11.1. The van der Waals surface area contributed by atoms with E-state index in [1.807, 2.05) is 6.07 Å². The maximum absolute atomic E-state index is 11.6. The lowest BCUT2D eigenvalue weighted by Gasteiger charge is -2.16. The molecule has 0 heterocycles. The molecule has 1 atom stereocenters. The fraction of sp³-hybridized carbons (Fsp3) is 0.357. The Kier molecular flexibility index (Phi) is 5.71. The van der Waals surface area contributed by atoms with Gasteiger partial charge < -0.3 is 20.5 Å². The molecule has 19 heavy (non-hydrogen) atoms. The summed E-state index contributed by atoms with van der Waals surface area (Å²) in [5.41, 5.74) is 6.47. The average Bonchev–Trinajstić information content (AvgIpc) is 2.44. The summed E-state index contributed by atoms with van der Waals surface area (Å²) in [4.78, 5) is 11.6. The van der Waals surface area contributed by atoms with E-state index >= 15 is 0 Å². The van der Waals surface area contributed by atoms with E-state index in [2.05, 4.69) is 11.2 Å². The minimum absolute atomic E-state index is 0.176. The summed E-state index contributed by atoms with van der Waals surface area (Å²) < 4.78 is 10.8. The SMILES string of the molecule is C#CCNC(=O)C(C)Oc1ccc(CN)cc1OC. The summed E-state index contributed by atoms with van der Waals surface area (Å²) in [6.45, 7) is 2.23. The molecule has 1 rings (SSSR count). The minimum Gasteiger partial charge on any atom is -0.493 e. The van der Waals surface area contributed by atoms with E-state index in [1.165, 1.54) is 7.11 Å². The van der Waals surface area contributed by atoms with Gasteiger partial charge in [0, 0.05) is 6.54 Å². The van der Waals surface area contributed by atoms with Crippen molar-refractivity contribution in [3.8, 4) is 23.8 Å². The summed E-state index contributed by atoms with van der Waals surface area (Å²) in [5.74, 6) is 3.08. The first-order valence-electron chi connectivity index (χ1n) is 5.87. The molecule has 3 N–H and O–H groups in total. The molecule has 0 aliphatic rings. The van der Waals surface area contributed by atoms with Gasteiger partial charge in [0.05, 0.1) is 13.7 Å². The van der Waals surface area contributed by atoms with Crippen molar-refractivity contribution in [3.05, 3.63) is 23.8 Å². The summed E-state index contributed by atoms with van der Waals surface area (Å²) in [5, 5.41) is 2.55. The number of carbonyl (C=O) groups is 1. The second kappa shape index (κ2) is 7.29. The molecule has 1 aromatic rings. The Morgan fingerprint density at radius 3 is 2.84 bits per heavy atom. The Bertz CT molecular complexity index is 480. The molecule has 0 saturated carbocycles. The quantitative estimate of drug-likeness (QED) is 0.739. The molecule has 0 fully saturated rings. The van der Waals surface area contributed by atoms with E-state index in [1.54, 1.807) is 19.1 Å². The van der Waals surface area contributed by atoms with E-state index in [4.69, 9.17) is 21.6 Å². The maximum atomic E-state index is 11.6. The Morgan fingerprint density at radius 2 is 2.26 bits per heavy atom. The van der Waals surface area contributed by atoms with Crippen molar-refractivity contribution >= 4 is 5.91 Å². The van der Waals surface area contributed by atoms with Crippen LogP contribution in [0.25, 0.3) is 0 Å². The summed E-state index contributed by atoms with van der Waals surface area (Å²) in [7, 11) is 1.53.